The third-order valence-electron chi connectivity index (χ3n) is 5.11. The van der Waals surface area contributed by atoms with Crippen LogP contribution in [0.4, 0.5) is 0 Å². The minimum Gasteiger partial charge on any atom is -0.461 e. The average Bonchev–Trinajstić information content (AvgIpc) is 2.62. The van der Waals surface area contributed by atoms with E-state index >= 15 is 0 Å². The topological polar surface area (TPSA) is 29.5 Å². The summed E-state index contributed by atoms with van der Waals surface area (Å²) >= 11 is 0. The number of carbonyl (C=O) groups excluding carboxylic acids is 1. The lowest BCUT2D eigenvalue weighted by Gasteiger charge is -2.46. The Hall–Kier alpha value is -2.13. The van der Waals surface area contributed by atoms with Gasteiger partial charge in [-0.15, -0.1) is 0 Å². The number of nitrogens with zero attached hydrogens (tertiary/aromatic N) is 1. The normalized spacial score (nSPS) is 14.1. The molecule has 0 radical (unpaired) electrons. The van der Waals surface area contributed by atoms with Crippen LogP contribution >= 0.6 is 0 Å². The van der Waals surface area contributed by atoms with E-state index in [4.69, 9.17) is 4.74 Å². The van der Waals surface area contributed by atoms with Crippen molar-refractivity contribution in [1.29, 1.82) is 0 Å². The molecule has 0 aliphatic carbocycles. The SMILES string of the molecule is CC[C@@H](OC(C)=O)C(c1ccccc1)(c1ccccc1)C(C)CN(C)C. The lowest BCUT2D eigenvalue weighted by molar-refractivity contribution is -0.150. The van der Waals surface area contributed by atoms with E-state index < -0.39 is 5.41 Å². The summed E-state index contributed by atoms with van der Waals surface area (Å²) in [6.45, 7) is 6.74. The zero-order valence-corrected chi connectivity index (χ0v) is 16.6. The summed E-state index contributed by atoms with van der Waals surface area (Å²) < 4.78 is 5.92. The van der Waals surface area contributed by atoms with Gasteiger partial charge in [0.1, 0.15) is 6.10 Å². The van der Waals surface area contributed by atoms with Crippen molar-refractivity contribution in [3.63, 3.8) is 0 Å². The quantitative estimate of drug-likeness (QED) is 0.654. The van der Waals surface area contributed by atoms with E-state index in [9.17, 15) is 4.79 Å². The van der Waals surface area contributed by atoms with Crippen LogP contribution in [-0.4, -0.2) is 37.6 Å². The molecule has 2 rings (SSSR count). The first kappa shape index (κ1) is 20.2. The first-order chi connectivity index (χ1) is 12.4. The van der Waals surface area contributed by atoms with E-state index in [2.05, 4.69) is 81.4 Å². The average molecular weight is 354 g/mol. The maximum atomic E-state index is 11.9. The van der Waals surface area contributed by atoms with Gasteiger partial charge in [0.25, 0.3) is 0 Å². The number of ether oxygens (including phenoxy) is 1. The summed E-state index contributed by atoms with van der Waals surface area (Å²) in [5, 5.41) is 0. The van der Waals surface area contributed by atoms with Gasteiger partial charge in [-0.2, -0.15) is 0 Å². The predicted molar refractivity (Wildman–Crippen MR) is 107 cm³/mol. The second-order valence-electron chi connectivity index (χ2n) is 7.27. The summed E-state index contributed by atoms with van der Waals surface area (Å²) in [5.41, 5.74) is 1.97. The number of rotatable bonds is 8. The van der Waals surface area contributed by atoms with Gasteiger partial charge in [0.2, 0.25) is 0 Å². The van der Waals surface area contributed by atoms with E-state index in [1.54, 1.807) is 0 Å². The first-order valence-electron chi connectivity index (χ1n) is 9.35. The van der Waals surface area contributed by atoms with Crippen molar-refractivity contribution in [1.82, 2.24) is 4.90 Å². The Labute approximate surface area is 158 Å². The Bertz CT molecular complexity index is 642. The maximum absolute atomic E-state index is 11.9. The molecule has 0 aliphatic rings. The molecule has 3 nitrogen and oxygen atoms in total. The molecule has 0 saturated carbocycles. The van der Waals surface area contributed by atoms with Crippen LogP contribution in [0.15, 0.2) is 60.7 Å². The van der Waals surface area contributed by atoms with Gasteiger partial charge < -0.3 is 9.64 Å². The van der Waals surface area contributed by atoms with Crippen molar-refractivity contribution in [2.75, 3.05) is 20.6 Å². The molecule has 0 amide bonds. The van der Waals surface area contributed by atoms with Crippen LogP contribution in [0.25, 0.3) is 0 Å². The lowest BCUT2D eigenvalue weighted by Crippen LogP contribution is -2.50. The van der Waals surface area contributed by atoms with Gasteiger partial charge in [0.05, 0.1) is 5.41 Å². The summed E-state index contributed by atoms with van der Waals surface area (Å²) in [5.74, 6) is 0.0109. The van der Waals surface area contributed by atoms with Crippen molar-refractivity contribution in [2.45, 2.75) is 38.7 Å². The predicted octanol–water partition coefficient (Wildman–Crippen LogP) is 4.51. The molecule has 0 N–H and O–H groups in total. The van der Waals surface area contributed by atoms with Crippen LogP contribution < -0.4 is 0 Å². The van der Waals surface area contributed by atoms with Crippen LogP contribution in [0.5, 0.6) is 0 Å². The van der Waals surface area contributed by atoms with Gasteiger partial charge in [-0.25, -0.2) is 0 Å². The number of esters is 1. The highest BCUT2D eigenvalue weighted by atomic mass is 16.5. The van der Waals surface area contributed by atoms with Crippen LogP contribution in [0.2, 0.25) is 0 Å². The molecule has 2 atom stereocenters. The summed E-state index contributed by atoms with van der Waals surface area (Å²) in [7, 11) is 4.17. The van der Waals surface area contributed by atoms with E-state index in [0.29, 0.717) is 0 Å². The molecule has 0 aliphatic heterocycles. The third kappa shape index (κ3) is 4.16. The molecule has 26 heavy (non-hydrogen) atoms. The zero-order valence-electron chi connectivity index (χ0n) is 16.6. The van der Waals surface area contributed by atoms with Crippen LogP contribution in [0.3, 0.4) is 0 Å². The van der Waals surface area contributed by atoms with Crippen molar-refractivity contribution in [3.05, 3.63) is 71.8 Å². The van der Waals surface area contributed by atoms with Gasteiger partial charge in [-0.05, 0) is 37.6 Å². The Morgan fingerprint density at radius 2 is 1.46 bits per heavy atom. The fraction of sp³-hybridized carbons (Fsp3) is 0.435. The van der Waals surface area contributed by atoms with Crippen molar-refractivity contribution in [2.24, 2.45) is 5.92 Å². The number of carbonyl (C=O) groups is 1. The fourth-order valence-corrected chi connectivity index (χ4v) is 4.24. The molecule has 0 aromatic heterocycles. The van der Waals surface area contributed by atoms with Crippen LogP contribution in [0.1, 0.15) is 38.3 Å². The van der Waals surface area contributed by atoms with E-state index in [0.717, 1.165) is 13.0 Å². The van der Waals surface area contributed by atoms with Gasteiger partial charge in [-0.1, -0.05) is 74.5 Å². The largest absolute Gasteiger partial charge is 0.461 e. The van der Waals surface area contributed by atoms with Gasteiger partial charge >= 0.3 is 5.97 Å². The monoisotopic (exact) mass is 353 g/mol. The van der Waals surface area contributed by atoms with Crippen molar-refractivity contribution in [3.8, 4) is 0 Å². The molecule has 140 valence electrons. The van der Waals surface area contributed by atoms with Gasteiger partial charge in [-0.3, -0.25) is 4.79 Å². The van der Waals surface area contributed by atoms with Gasteiger partial charge in [0.15, 0.2) is 0 Å². The smallest absolute Gasteiger partial charge is 0.302 e. The molecular weight excluding hydrogens is 322 g/mol. The van der Waals surface area contributed by atoms with Gasteiger partial charge in [0, 0.05) is 13.5 Å². The number of benzene rings is 2. The first-order valence-corrected chi connectivity index (χ1v) is 9.35. The highest BCUT2D eigenvalue weighted by molar-refractivity contribution is 5.66. The Kier molecular flexibility index (Phi) is 6.98. The Balaban J connectivity index is 2.76. The number of hydrogen-bond donors (Lipinski definition) is 0. The van der Waals surface area contributed by atoms with Crippen LogP contribution in [0, 0.1) is 5.92 Å². The molecule has 0 spiro atoms. The summed E-state index contributed by atoms with van der Waals surface area (Å²) in [6.07, 6.45) is 0.515. The van der Waals surface area contributed by atoms with Crippen molar-refractivity contribution < 1.29 is 9.53 Å². The molecular formula is C23H31NO2. The lowest BCUT2D eigenvalue weighted by atomic mass is 9.62. The Morgan fingerprint density at radius 1 is 1.00 bits per heavy atom. The van der Waals surface area contributed by atoms with Crippen molar-refractivity contribution >= 4 is 5.97 Å². The van der Waals surface area contributed by atoms with E-state index in [-0.39, 0.29) is 18.0 Å². The van der Waals surface area contributed by atoms with Crippen LogP contribution in [-0.2, 0) is 14.9 Å². The molecule has 2 aromatic rings. The minimum absolute atomic E-state index is 0.231. The second-order valence-corrected chi connectivity index (χ2v) is 7.27. The molecule has 0 fully saturated rings. The second kappa shape index (κ2) is 9.00. The maximum Gasteiger partial charge on any atom is 0.302 e. The molecule has 3 heteroatoms. The van der Waals surface area contributed by atoms with E-state index in [1.165, 1.54) is 18.1 Å². The molecule has 0 heterocycles. The molecule has 0 saturated heterocycles. The molecule has 1 unspecified atom stereocenters. The molecule has 0 bridgehead atoms. The summed E-state index contributed by atoms with van der Waals surface area (Å²) in [4.78, 5) is 14.1. The minimum atomic E-state index is -0.410. The number of hydrogen-bond acceptors (Lipinski definition) is 3. The highest BCUT2D eigenvalue weighted by Crippen LogP contribution is 2.45. The summed E-state index contributed by atoms with van der Waals surface area (Å²) in [6, 6.07) is 21.0. The molecule has 2 aromatic carbocycles. The zero-order chi connectivity index (χ0) is 19.2. The highest BCUT2D eigenvalue weighted by Gasteiger charge is 2.47. The van der Waals surface area contributed by atoms with E-state index in [1.807, 2.05) is 12.1 Å². The third-order valence-corrected chi connectivity index (χ3v) is 5.11. The standard InChI is InChI=1S/C23H31NO2/c1-6-22(26-19(3)25)23(18(2)17-24(4)5,20-13-9-7-10-14-20)21-15-11-8-12-16-21/h7-16,18,22H,6,17H2,1-5H3/t18?,22-/m1/s1. The fourth-order valence-electron chi connectivity index (χ4n) is 4.24. The Morgan fingerprint density at radius 3 is 1.81 bits per heavy atom.